The molecule has 1 atom stereocenters. The van der Waals surface area contributed by atoms with Gasteiger partial charge in [0, 0.05) is 4.90 Å². The molecule has 0 bridgehead atoms. The van der Waals surface area contributed by atoms with E-state index in [2.05, 4.69) is 5.32 Å². The maximum atomic E-state index is 12.1. The van der Waals surface area contributed by atoms with E-state index < -0.39 is 5.51 Å². The Kier molecular flexibility index (Phi) is 9.08. The summed E-state index contributed by atoms with van der Waals surface area (Å²) in [6.07, 6.45) is 2.32. The summed E-state index contributed by atoms with van der Waals surface area (Å²) < 4.78 is 36.4. The lowest BCUT2D eigenvalue weighted by molar-refractivity contribution is -0.110. The van der Waals surface area contributed by atoms with Crippen LogP contribution < -0.4 is 11.1 Å². The van der Waals surface area contributed by atoms with Crippen molar-refractivity contribution in [3.05, 3.63) is 54.6 Å². The number of nitrogens with two attached hydrogens (primary N) is 1. The highest BCUT2D eigenvalue weighted by atomic mass is 32.2. The molecule has 0 aliphatic heterocycles. The van der Waals surface area contributed by atoms with Crippen LogP contribution in [0, 0.1) is 0 Å². The highest BCUT2D eigenvalue weighted by Gasteiger charge is 2.28. The van der Waals surface area contributed by atoms with E-state index in [-0.39, 0.29) is 22.8 Å². The minimum Gasteiger partial charge on any atom is -0.344 e. The number of carbonyl (C=O) groups is 1. The first-order valence-electron chi connectivity index (χ1n) is 7.72. The minimum atomic E-state index is -4.23. The van der Waals surface area contributed by atoms with Gasteiger partial charge in [-0.25, -0.2) is 0 Å². The summed E-state index contributed by atoms with van der Waals surface area (Å²) in [5.41, 5.74) is 3.03. The molecule has 136 valence electrons. The van der Waals surface area contributed by atoms with E-state index in [1.165, 1.54) is 12.1 Å². The normalized spacial score (nSPS) is 11.9. The maximum absolute atomic E-state index is 12.1. The largest absolute Gasteiger partial charge is 0.446 e. The van der Waals surface area contributed by atoms with E-state index in [1.54, 1.807) is 12.1 Å². The summed E-state index contributed by atoms with van der Waals surface area (Å²) in [5.74, 6) is 0. The first-order chi connectivity index (χ1) is 11.9. The van der Waals surface area contributed by atoms with Gasteiger partial charge in [0.2, 0.25) is 6.41 Å². The van der Waals surface area contributed by atoms with Crippen LogP contribution in [0.1, 0.15) is 19.8 Å². The summed E-state index contributed by atoms with van der Waals surface area (Å²) in [4.78, 5) is 9.90. The van der Waals surface area contributed by atoms with Crippen LogP contribution in [-0.2, 0) is 4.79 Å². The molecule has 0 aromatic heterocycles. The molecule has 3 nitrogen and oxygen atoms in total. The Balaban J connectivity index is 0.000000333. The molecule has 0 saturated heterocycles. The van der Waals surface area contributed by atoms with Crippen LogP contribution in [0.15, 0.2) is 59.5 Å². The summed E-state index contributed by atoms with van der Waals surface area (Å²) in [6, 6.07) is 15.9. The van der Waals surface area contributed by atoms with Gasteiger partial charge in [-0.3, -0.25) is 4.79 Å². The van der Waals surface area contributed by atoms with Gasteiger partial charge in [0.1, 0.15) is 0 Å². The third kappa shape index (κ3) is 9.16. The molecule has 2 aromatic rings. The van der Waals surface area contributed by atoms with Crippen LogP contribution in [0.25, 0.3) is 11.1 Å². The number of amides is 1. The van der Waals surface area contributed by atoms with Gasteiger partial charge in [0.05, 0.1) is 6.17 Å². The Morgan fingerprint density at radius 2 is 1.64 bits per heavy atom. The zero-order valence-electron chi connectivity index (χ0n) is 13.8. The Hall–Kier alpha value is -1.99. The van der Waals surface area contributed by atoms with Crippen molar-refractivity contribution in [1.82, 2.24) is 5.32 Å². The van der Waals surface area contributed by atoms with Gasteiger partial charge in [-0.05, 0) is 41.4 Å². The molecule has 0 radical (unpaired) electrons. The molecule has 0 aliphatic rings. The van der Waals surface area contributed by atoms with E-state index in [0.717, 1.165) is 24.0 Å². The van der Waals surface area contributed by atoms with Gasteiger partial charge >= 0.3 is 5.51 Å². The van der Waals surface area contributed by atoms with Crippen molar-refractivity contribution < 1.29 is 18.0 Å². The monoisotopic (exact) mass is 370 g/mol. The number of hydrogen-bond donors (Lipinski definition) is 2. The van der Waals surface area contributed by atoms with Crippen LogP contribution in [0.4, 0.5) is 13.2 Å². The molecule has 1 amide bonds. The third-order valence-electron chi connectivity index (χ3n) is 3.08. The predicted octanol–water partition coefficient (Wildman–Crippen LogP) is 4.78. The molecule has 2 aromatic carbocycles. The average Bonchev–Trinajstić information content (AvgIpc) is 2.56. The first kappa shape index (κ1) is 21.1. The second kappa shape index (κ2) is 10.8. The summed E-state index contributed by atoms with van der Waals surface area (Å²) in [5, 5.41) is 2.44. The lowest BCUT2D eigenvalue weighted by Gasteiger charge is -2.06. The summed E-state index contributed by atoms with van der Waals surface area (Å²) in [7, 11) is 0. The van der Waals surface area contributed by atoms with E-state index in [9.17, 15) is 18.0 Å². The van der Waals surface area contributed by atoms with Gasteiger partial charge in [-0.2, -0.15) is 13.2 Å². The topological polar surface area (TPSA) is 55.1 Å². The molecule has 25 heavy (non-hydrogen) atoms. The maximum Gasteiger partial charge on any atom is 0.446 e. The highest BCUT2D eigenvalue weighted by molar-refractivity contribution is 8.00. The number of hydrogen-bond acceptors (Lipinski definition) is 3. The lowest BCUT2D eigenvalue weighted by Crippen LogP contribution is -2.35. The number of rotatable bonds is 6. The first-order valence-corrected chi connectivity index (χ1v) is 8.54. The fraction of sp³-hybridized carbons (Fsp3) is 0.278. The molecule has 0 heterocycles. The van der Waals surface area contributed by atoms with Crippen molar-refractivity contribution in [1.29, 1.82) is 0 Å². The van der Waals surface area contributed by atoms with E-state index in [0.29, 0.717) is 6.41 Å². The summed E-state index contributed by atoms with van der Waals surface area (Å²) >= 11 is -0.0954. The lowest BCUT2D eigenvalue weighted by atomic mass is 10.1. The number of carbonyl (C=O) groups excluding carboxylic acids is 1. The molecule has 1 unspecified atom stereocenters. The summed E-state index contributed by atoms with van der Waals surface area (Å²) in [6.45, 7) is 2.02. The number of nitrogens with one attached hydrogen (secondary N) is 1. The number of thioether (sulfide) groups is 1. The average molecular weight is 370 g/mol. The van der Waals surface area contributed by atoms with E-state index >= 15 is 0 Å². The van der Waals surface area contributed by atoms with Crippen molar-refractivity contribution >= 4 is 18.2 Å². The third-order valence-corrected chi connectivity index (χ3v) is 3.82. The highest BCUT2D eigenvalue weighted by Crippen LogP contribution is 2.37. The number of alkyl halides is 3. The number of halogens is 3. The van der Waals surface area contributed by atoms with Crippen molar-refractivity contribution in [3.8, 4) is 11.1 Å². The molecular weight excluding hydrogens is 349 g/mol. The van der Waals surface area contributed by atoms with Crippen LogP contribution in [0.3, 0.4) is 0 Å². The van der Waals surface area contributed by atoms with Crippen LogP contribution in [0.2, 0.25) is 0 Å². The molecule has 3 N–H and O–H groups in total. The van der Waals surface area contributed by atoms with Gasteiger partial charge in [-0.1, -0.05) is 55.8 Å². The second-order valence-corrected chi connectivity index (χ2v) is 6.26. The van der Waals surface area contributed by atoms with Gasteiger partial charge < -0.3 is 11.1 Å². The smallest absolute Gasteiger partial charge is 0.344 e. The van der Waals surface area contributed by atoms with Crippen LogP contribution >= 0.6 is 11.8 Å². The van der Waals surface area contributed by atoms with Crippen molar-refractivity contribution in [3.63, 3.8) is 0 Å². The molecular formula is C18H21F3N2OS. The second-order valence-electron chi connectivity index (χ2n) is 5.12. The fourth-order valence-corrected chi connectivity index (χ4v) is 2.50. The van der Waals surface area contributed by atoms with Crippen LogP contribution in [-0.4, -0.2) is 18.1 Å². The molecule has 2 rings (SSSR count). The van der Waals surface area contributed by atoms with Crippen molar-refractivity contribution in [2.45, 2.75) is 36.3 Å². The van der Waals surface area contributed by atoms with Gasteiger partial charge in [0.15, 0.2) is 0 Å². The quantitative estimate of drug-likeness (QED) is 0.437. The van der Waals surface area contributed by atoms with Crippen LogP contribution in [0.5, 0.6) is 0 Å². The Morgan fingerprint density at radius 1 is 1.08 bits per heavy atom. The minimum absolute atomic E-state index is 0.0954. The van der Waals surface area contributed by atoms with Crippen molar-refractivity contribution in [2.75, 3.05) is 0 Å². The molecule has 7 heteroatoms. The Bertz CT molecular complexity index is 618. The fourth-order valence-electron chi connectivity index (χ4n) is 1.96. The SMILES string of the molecule is CCCC(N)NC=O.FC(F)(F)Sc1ccc(-c2ccccc2)cc1. The Morgan fingerprint density at radius 3 is 2.12 bits per heavy atom. The van der Waals surface area contributed by atoms with Gasteiger partial charge in [0.25, 0.3) is 0 Å². The number of benzene rings is 2. The molecule has 0 aliphatic carbocycles. The van der Waals surface area contributed by atoms with E-state index in [4.69, 9.17) is 5.73 Å². The molecule has 0 spiro atoms. The zero-order chi connectivity index (χ0) is 18.7. The molecule has 0 fully saturated rings. The zero-order valence-corrected chi connectivity index (χ0v) is 14.6. The van der Waals surface area contributed by atoms with Crippen molar-refractivity contribution in [2.24, 2.45) is 5.73 Å². The molecule has 0 saturated carbocycles. The standard InChI is InChI=1S/C13H9F3S.C5H12N2O/c14-13(15,16)17-12-8-6-11(7-9-12)10-4-2-1-3-5-10;1-2-3-5(6)7-4-8/h1-9H;4-5H,2-3,6H2,1H3,(H,7,8). The van der Waals surface area contributed by atoms with E-state index in [1.807, 2.05) is 37.3 Å². The van der Waals surface area contributed by atoms with Gasteiger partial charge in [-0.15, -0.1) is 0 Å². The predicted molar refractivity (Wildman–Crippen MR) is 95.9 cm³/mol. The Labute approximate surface area is 149 Å².